The van der Waals surface area contributed by atoms with Crippen LogP contribution in [0.25, 0.3) is 10.9 Å². The third kappa shape index (κ3) is 1.33. The molecule has 14 heavy (non-hydrogen) atoms. The van der Waals surface area contributed by atoms with E-state index in [-0.39, 0.29) is 0 Å². The van der Waals surface area contributed by atoms with Crippen molar-refractivity contribution >= 4 is 10.9 Å². The lowest BCUT2D eigenvalue weighted by Gasteiger charge is -2.06. The Balaban J connectivity index is 2.80. The summed E-state index contributed by atoms with van der Waals surface area (Å²) in [5, 5.41) is 1.20. The molecule has 1 heterocycles. The van der Waals surface area contributed by atoms with E-state index in [0.29, 0.717) is 5.88 Å². The first kappa shape index (κ1) is 9.00. The van der Waals surface area contributed by atoms with E-state index in [1.807, 2.05) is 6.07 Å². The minimum absolute atomic E-state index is 0.672. The van der Waals surface area contributed by atoms with Crippen molar-refractivity contribution < 1.29 is 4.74 Å². The van der Waals surface area contributed by atoms with Crippen molar-refractivity contribution in [1.29, 1.82) is 0 Å². The predicted molar refractivity (Wildman–Crippen MR) is 57.8 cm³/mol. The Kier molecular flexibility index (Phi) is 2.12. The number of methoxy groups -OCH3 is 1. The standard InChI is InChI=1S/C12H13NO/c1-8-4-5-9(2)12-10(8)6-7-11(13-12)14-3/h4-7H,1-3H3. The molecule has 1 aromatic heterocycles. The fraction of sp³-hybridized carbons (Fsp3) is 0.250. The van der Waals surface area contributed by atoms with Gasteiger partial charge in [0.25, 0.3) is 0 Å². The Morgan fingerprint density at radius 3 is 2.43 bits per heavy atom. The van der Waals surface area contributed by atoms with Crippen LogP contribution in [-0.2, 0) is 0 Å². The first-order chi connectivity index (χ1) is 6.72. The number of aromatic nitrogens is 1. The Bertz CT molecular complexity index is 477. The van der Waals surface area contributed by atoms with Gasteiger partial charge in [0.15, 0.2) is 0 Å². The van der Waals surface area contributed by atoms with Gasteiger partial charge in [0.2, 0.25) is 5.88 Å². The van der Waals surface area contributed by atoms with Gasteiger partial charge in [-0.2, -0.15) is 0 Å². The lowest BCUT2D eigenvalue weighted by molar-refractivity contribution is 0.399. The van der Waals surface area contributed by atoms with Crippen LogP contribution in [0.3, 0.4) is 0 Å². The van der Waals surface area contributed by atoms with Crippen LogP contribution in [0.5, 0.6) is 5.88 Å². The van der Waals surface area contributed by atoms with Crippen molar-refractivity contribution in [2.45, 2.75) is 13.8 Å². The first-order valence-corrected chi connectivity index (χ1v) is 4.63. The summed E-state index contributed by atoms with van der Waals surface area (Å²) < 4.78 is 5.11. The number of fused-ring (bicyclic) bond motifs is 1. The summed E-state index contributed by atoms with van der Waals surface area (Å²) in [5.74, 6) is 0.672. The second-order valence-corrected chi connectivity index (χ2v) is 3.45. The summed E-state index contributed by atoms with van der Waals surface area (Å²) in [5.41, 5.74) is 3.47. The number of aryl methyl sites for hydroxylation is 2. The number of rotatable bonds is 1. The van der Waals surface area contributed by atoms with Crippen molar-refractivity contribution in [2.75, 3.05) is 7.11 Å². The molecule has 0 bridgehead atoms. The molecule has 0 radical (unpaired) electrons. The molecule has 2 heteroatoms. The summed E-state index contributed by atoms with van der Waals surface area (Å²) in [7, 11) is 1.64. The second-order valence-electron chi connectivity index (χ2n) is 3.45. The van der Waals surface area contributed by atoms with Gasteiger partial charge < -0.3 is 4.74 Å². The summed E-state index contributed by atoms with van der Waals surface area (Å²) in [6.07, 6.45) is 0. The highest BCUT2D eigenvalue weighted by molar-refractivity contribution is 5.85. The highest BCUT2D eigenvalue weighted by atomic mass is 16.5. The minimum Gasteiger partial charge on any atom is -0.481 e. The van der Waals surface area contributed by atoms with Crippen molar-refractivity contribution in [3.63, 3.8) is 0 Å². The second kappa shape index (κ2) is 3.29. The quantitative estimate of drug-likeness (QED) is 0.684. The Labute approximate surface area is 83.5 Å². The number of ether oxygens (including phenoxy) is 1. The van der Waals surface area contributed by atoms with Crippen LogP contribution in [-0.4, -0.2) is 12.1 Å². The molecule has 0 fully saturated rings. The molecule has 2 rings (SSSR count). The number of hydrogen-bond acceptors (Lipinski definition) is 2. The molecule has 0 spiro atoms. The van der Waals surface area contributed by atoms with Crippen LogP contribution in [0, 0.1) is 13.8 Å². The van der Waals surface area contributed by atoms with E-state index in [9.17, 15) is 0 Å². The van der Waals surface area contributed by atoms with Gasteiger partial charge in [0, 0.05) is 11.5 Å². The molecule has 0 N–H and O–H groups in total. The van der Waals surface area contributed by atoms with Crippen LogP contribution in [0.15, 0.2) is 24.3 Å². The fourth-order valence-electron chi connectivity index (χ4n) is 1.59. The van der Waals surface area contributed by atoms with Crippen molar-refractivity contribution in [3.8, 4) is 5.88 Å². The van der Waals surface area contributed by atoms with Crippen LogP contribution >= 0.6 is 0 Å². The zero-order chi connectivity index (χ0) is 10.1. The maximum Gasteiger partial charge on any atom is 0.213 e. The molecular weight excluding hydrogens is 174 g/mol. The van der Waals surface area contributed by atoms with Gasteiger partial charge in [-0.3, -0.25) is 0 Å². The number of nitrogens with zero attached hydrogens (tertiary/aromatic N) is 1. The third-order valence-electron chi connectivity index (χ3n) is 2.46. The fourth-order valence-corrected chi connectivity index (χ4v) is 1.59. The number of hydrogen-bond donors (Lipinski definition) is 0. The molecule has 0 aliphatic rings. The van der Waals surface area contributed by atoms with E-state index < -0.39 is 0 Å². The lowest BCUT2D eigenvalue weighted by atomic mass is 10.1. The van der Waals surface area contributed by atoms with Gasteiger partial charge in [-0.15, -0.1) is 0 Å². The molecule has 0 unspecified atom stereocenters. The molecule has 0 aliphatic heterocycles. The van der Waals surface area contributed by atoms with E-state index in [0.717, 1.165) is 5.52 Å². The van der Waals surface area contributed by atoms with E-state index in [1.165, 1.54) is 16.5 Å². The van der Waals surface area contributed by atoms with Gasteiger partial charge in [0.1, 0.15) is 0 Å². The maximum absolute atomic E-state index is 5.11. The molecule has 0 aliphatic carbocycles. The summed E-state index contributed by atoms with van der Waals surface area (Å²) in [4.78, 5) is 4.43. The molecule has 0 amide bonds. The van der Waals surface area contributed by atoms with Crippen LogP contribution in [0.1, 0.15) is 11.1 Å². The first-order valence-electron chi connectivity index (χ1n) is 4.63. The zero-order valence-electron chi connectivity index (χ0n) is 8.66. The molecule has 0 saturated carbocycles. The summed E-state index contributed by atoms with van der Waals surface area (Å²) in [6.45, 7) is 4.16. The van der Waals surface area contributed by atoms with E-state index in [1.54, 1.807) is 7.11 Å². The maximum atomic E-state index is 5.11. The van der Waals surface area contributed by atoms with Crippen molar-refractivity contribution in [1.82, 2.24) is 4.98 Å². The van der Waals surface area contributed by atoms with Crippen molar-refractivity contribution in [3.05, 3.63) is 35.4 Å². The summed E-state index contributed by atoms with van der Waals surface area (Å²) in [6, 6.07) is 8.16. The van der Waals surface area contributed by atoms with Crippen LogP contribution < -0.4 is 4.74 Å². The highest BCUT2D eigenvalue weighted by Gasteiger charge is 2.03. The molecular formula is C12H13NO. The molecule has 2 nitrogen and oxygen atoms in total. The monoisotopic (exact) mass is 187 g/mol. The number of benzene rings is 1. The summed E-state index contributed by atoms with van der Waals surface area (Å²) >= 11 is 0. The topological polar surface area (TPSA) is 22.1 Å². The average Bonchev–Trinajstić information content (AvgIpc) is 2.23. The van der Waals surface area contributed by atoms with Gasteiger partial charge in [0.05, 0.1) is 12.6 Å². The Morgan fingerprint density at radius 2 is 1.71 bits per heavy atom. The third-order valence-corrected chi connectivity index (χ3v) is 2.46. The SMILES string of the molecule is COc1ccc2c(C)ccc(C)c2n1. The molecule has 72 valence electrons. The average molecular weight is 187 g/mol. The van der Waals surface area contributed by atoms with Gasteiger partial charge in [-0.25, -0.2) is 4.98 Å². The van der Waals surface area contributed by atoms with Gasteiger partial charge in [-0.05, 0) is 31.0 Å². The molecule has 0 saturated heterocycles. The van der Waals surface area contributed by atoms with Crippen molar-refractivity contribution in [2.24, 2.45) is 0 Å². The lowest BCUT2D eigenvalue weighted by Crippen LogP contribution is -1.90. The van der Waals surface area contributed by atoms with Crippen LogP contribution in [0.4, 0.5) is 0 Å². The Hall–Kier alpha value is -1.57. The van der Waals surface area contributed by atoms with E-state index in [2.05, 4.69) is 37.0 Å². The molecule has 1 aromatic carbocycles. The Morgan fingerprint density at radius 1 is 1.00 bits per heavy atom. The normalized spacial score (nSPS) is 10.5. The number of pyridine rings is 1. The minimum atomic E-state index is 0.672. The predicted octanol–water partition coefficient (Wildman–Crippen LogP) is 2.86. The largest absolute Gasteiger partial charge is 0.481 e. The van der Waals surface area contributed by atoms with Crippen LogP contribution in [0.2, 0.25) is 0 Å². The van der Waals surface area contributed by atoms with E-state index >= 15 is 0 Å². The zero-order valence-corrected chi connectivity index (χ0v) is 8.66. The molecule has 0 atom stereocenters. The van der Waals surface area contributed by atoms with Gasteiger partial charge in [-0.1, -0.05) is 12.1 Å². The molecule has 2 aromatic rings. The highest BCUT2D eigenvalue weighted by Crippen LogP contribution is 2.22. The smallest absolute Gasteiger partial charge is 0.213 e. The van der Waals surface area contributed by atoms with E-state index in [4.69, 9.17) is 4.74 Å². The van der Waals surface area contributed by atoms with Gasteiger partial charge >= 0.3 is 0 Å².